The van der Waals surface area contributed by atoms with Crippen molar-refractivity contribution in [3.8, 4) is 0 Å². The first-order valence-corrected chi connectivity index (χ1v) is 11.2. The molecule has 9 nitrogen and oxygen atoms in total. The molecule has 1 unspecified atom stereocenters. The Bertz CT molecular complexity index is 1140. The van der Waals surface area contributed by atoms with Gasteiger partial charge in [-0.3, -0.25) is 10.1 Å². The van der Waals surface area contributed by atoms with Crippen molar-refractivity contribution in [2.75, 3.05) is 19.0 Å². The maximum Gasteiger partial charge on any atom is 0.322 e. The number of nitrogens with one attached hydrogen (secondary N) is 1. The molecule has 10 heteroatoms. The third-order valence-electron chi connectivity index (χ3n) is 4.94. The summed E-state index contributed by atoms with van der Waals surface area (Å²) < 4.78 is 37.8. The van der Waals surface area contributed by atoms with E-state index in [0.29, 0.717) is 12.5 Å². The van der Waals surface area contributed by atoms with Crippen LogP contribution < -0.4 is 5.32 Å². The lowest BCUT2D eigenvalue weighted by atomic mass is 10.2. The van der Waals surface area contributed by atoms with Crippen molar-refractivity contribution < 1.29 is 22.4 Å². The summed E-state index contributed by atoms with van der Waals surface area (Å²) in [6.45, 7) is 0.889. The quantitative estimate of drug-likeness (QED) is 0.598. The molecule has 1 saturated heterocycles. The topological polar surface area (TPSA) is 115 Å². The van der Waals surface area contributed by atoms with Crippen LogP contribution in [0.5, 0.6) is 0 Å². The van der Waals surface area contributed by atoms with Gasteiger partial charge in [-0.1, -0.05) is 35.4 Å². The highest BCUT2D eigenvalue weighted by Crippen LogP contribution is 2.28. The summed E-state index contributed by atoms with van der Waals surface area (Å²) in [5, 5.41) is 10.2. The summed E-state index contributed by atoms with van der Waals surface area (Å²) in [4.78, 5) is 12.5. The minimum Gasteiger partial charge on any atom is -0.405 e. The van der Waals surface area contributed by atoms with Crippen molar-refractivity contribution in [1.82, 2.24) is 14.5 Å². The molecule has 1 aliphatic rings. The Hall–Kier alpha value is -3.08. The summed E-state index contributed by atoms with van der Waals surface area (Å²) in [6, 6.07) is 15.0. The fourth-order valence-electron chi connectivity index (χ4n) is 3.24. The number of carbonyl (C=O) groups excluding carboxylic acids is 1. The third kappa shape index (κ3) is 4.82. The van der Waals surface area contributed by atoms with E-state index in [1.165, 1.54) is 35.6 Å². The molecule has 1 N–H and O–H groups in total. The van der Waals surface area contributed by atoms with Crippen LogP contribution in [-0.2, 0) is 21.3 Å². The summed E-state index contributed by atoms with van der Waals surface area (Å²) in [5.74, 6) is -0.153. The van der Waals surface area contributed by atoms with E-state index in [9.17, 15) is 13.2 Å². The molecule has 0 bridgehead atoms. The number of hydrogen-bond donors (Lipinski definition) is 1. The van der Waals surface area contributed by atoms with Gasteiger partial charge in [-0.05, 0) is 42.7 Å². The second-order valence-corrected chi connectivity index (χ2v) is 9.22. The van der Waals surface area contributed by atoms with Gasteiger partial charge in [0.1, 0.15) is 6.10 Å². The van der Waals surface area contributed by atoms with E-state index in [0.717, 1.165) is 18.4 Å². The monoisotopic (exact) mass is 442 g/mol. The standard InChI is InChI=1S/C21H22N4O5S/c1-25(14-15-6-3-2-4-7-15)31(27,28)17-11-9-16(10-12-17)19(26)22-21-24-23-20(30-21)18-8-5-13-29-18/h2-4,6-7,9-12,18H,5,8,13-14H2,1H3,(H,22,24,26). The predicted octanol–water partition coefficient (Wildman–Crippen LogP) is 2.99. The predicted molar refractivity (Wildman–Crippen MR) is 112 cm³/mol. The number of benzene rings is 2. The van der Waals surface area contributed by atoms with E-state index in [4.69, 9.17) is 9.15 Å². The molecule has 1 aromatic heterocycles. The molecule has 4 rings (SSSR count). The van der Waals surface area contributed by atoms with Crippen molar-refractivity contribution >= 4 is 21.9 Å². The second kappa shape index (κ2) is 8.96. The molecule has 1 atom stereocenters. The van der Waals surface area contributed by atoms with Gasteiger partial charge < -0.3 is 9.15 Å². The highest BCUT2D eigenvalue weighted by molar-refractivity contribution is 7.89. The highest BCUT2D eigenvalue weighted by atomic mass is 32.2. The Labute approximate surface area is 180 Å². The summed E-state index contributed by atoms with van der Waals surface area (Å²) in [5.41, 5.74) is 1.15. The third-order valence-corrected chi connectivity index (χ3v) is 6.76. The molecule has 0 radical (unpaired) electrons. The molecule has 1 fully saturated rings. The van der Waals surface area contributed by atoms with Gasteiger partial charge in [0.25, 0.3) is 5.91 Å². The molecule has 0 aliphatic carbocycles. The maximum absolute atomic E-state index is 12.8. The zero-order valence-corrected chi connectivity index (χ0v) is 17.7. The molecule has 1 aliphatic heterocycles. The molecule has 31 heavy (non-hydrogen) atoms. The van der Waals surface area contributed by atoms with Crippen LogP contribution in [0.4, 0.5) is 6.01 Å². The lowest BCUT2D eigenvalue weighted by Crippen LogP contribution is -2.26. The van der Waals surface area contributed by atoms with Gasteiger partial charge in [-0.2, -0.15) is 4.31 Å². The molecule has 0 spiro atoms. The average Bonchev–Trinajstić information content (AvgIpc) is 3.46. The Morgan fingerprint density at radius 3 is 2.55 bits per heavy atom. The van der Waals surface area contributed by atoms with Crippen LogP contribution in [0.1, 0.15) is 40.8 Å². The smallest absolute Gasteiger partial charge is 0.322 e. The first-order chi connectivity index (χ1) is 14.9. The number of anilines is 1. The zero-order chi connectivity index (χ0) is 21.8. The minimum absolute atomic E-state index is 0.0326. The van der Waals surface area contributed by atoms with E-state index in [2.05, 4.69) is 15.5 Å². The number of carbonyl (C=O) groups is 1. The highest BCUT2D eigenvalue weighted by Gasteiger charge is 2.25. The van der Waals surface area contributed by atoms with Crippen LogP contribution in [0.2, 0.25) is 0 Å². The number of sulfonamides is 1. The first-order valence-electron chi connectivity index (χ1n) is 9.80. The van der Waals surface area contributed by atoms with Gasteiger partial charge in [-0.25, -0.2) is 8.42 Å². The lowest BCUT2D eigenvalue weighted by molar-refractivity contribution is 0.0893. The SMILES string of the molecule is CN(Cc1ccccc1)S(=O)(=O)c1ccc(C(=O)Nc2nnc(C3CCCO3)o2)cc1. The van der Waals surface area contributed by atoms with E-state index in [1.807, 2.05) is 30.3 Å². The second-order valence-electron chi connectivity index (χ2n) is 7.17. The summed E-state index contributed by atoms with van der Waals surface area (Å²) in [7, 11) is -2.18. The first kappa shape index (κ1) is 21.2. The molecule has 2 aromatic carbocycles. The molecule has 0 saturated carbocycles. The maximum atomic E-state index is 12.8. The van der Waals surface area contributed by atoms with Crippen LogP contribution >= 0.6 is 0 Å². The number of hydrogen-bond acceptors (Lipinski definition) is 7. The van der Waals surface area contributed by atoms with E-state index < -0.39 is 15.9 Å². The number of aromatic nitrogens is 2. The van der Waals surface area contributed by atoms with Crippen molar-refractivity contribution in [3.63, 3.8) is 0 Å². The summed E-state index contributed by atoms with van der Waals surface area (Å²) >= 11 is 0. The number of ether oxygens (including phenoxy) is 1. The van der Waals surface area contributed by atoms with Crippen molar-refractivity contribution in [1.29, 1.82) is 0 Å². The zero-order valence-electron chi connectivity index (χ0n) is 16.9. The van der Waals surface area contributed by atoms with Gasteiger partial charge in [0.2, 0.25) is 15.9 Å². The number of nitrogens with zero attached hydrogens (tertiary/aromatic N) is 3. The van der Waals surface area contributed by atoms with Crippen LogP contribution in [0, 0.1) is 0 Å². The van der Waals surface area contributed by atoms with Gasteiger partial charge in [0.15, 0.2) is 0 Å². The number of rotatable bonds is 7. The lowest BCUT2D eigenvalue weighted by Gasteiger charge is -2.17. The van der Waals surface area contributed by atoms with Crippen LogP contribution in [-0.4, -0.2) is 42.5 Å². The van der Waals surface area contributed by atoms with Gasteiger partial charge >= 0.3 is 6.01 Å². The normalized spacial score (nSPS) is 16.5. The Balaban J connectivity index is 1.41. The average molecular weight is 442 g/mol. The Morgan fingerprint density at radius 1 is 1.13 bits per heavy atom. The molecule has 162 valence electrons. The van der Waals surface area contributed by atoms with E-state index in [1.54, 1.807) is 0 Å². The largest absolute Gasteiger partial charge is 0.405 e. The van der Waals surface area contributed by atoms with Crippen molar-refractivity contribution in [2.45, 2.75) is 30.4 Å². The fraction of sp³-hybridized carbons (Fsp3) is 0.286. The molecule has 3 aromatic rings. The molecule has 1 amide bonds. The van der Waals surface area contributed by atoms with Crippen LogP contribution in [0.15, 0.2) is 63.9 Å². The Morgan fingerprint density at radius 2 is 1.87 bits per heavy atom. The van der Waals surface area contributed by atoms with Gasteiger partial charge in [0.05, 0.1) is 4.90 Å². The molecule has 2 heterocycles. The molecular weight excluding hydrogens is 420 g/mol. The van der Waals surface area contributed by atoms with Crippen molar-refractivity contribution in [2.24, 2.45) is 0 Å². The molecular formula is C21H22N4O5S. The van der Waals surface area contributed by atoms with Crippen LogP contribution in [0.25, 0.3) is 0 Å². The van der Waals surface area contributed by atoms with Crippen LogP contribution in [0.3, 0.4) is 0 Å². The summed E-state index contributed by atoms with van der Waals surface area (Å²) in [6.07, 6.45) is 1.48. The van der Waals surface area contributed by atoms with Gasteiger partial charge in [0, 0.05) is 25.8 Å². The van der Waals surface area contributed by atoms with Crippen molar-refractivity contribution in [3.05, 3.63) is 71.6 Å². The fourth-order valence-corrected chi connectivity index (χ4v) is 4.40. The number of amides is 1. The van der Waals surface area contributed by atoms with Gasteiger partial charge in [-0.15, -0.1) is 5.10 Å². The van der Waals surface area contributed by atoms with E-state index in [-0.39, 0.29) is 29.1 Å². The van der Waals surface area contributed by atoms with E-state index >= 15 is 0 Å². The minimum atomic E-state index is -3.70. The Kier molecular flexibility index (Phi) is 6.12.